The van der Waals surface area contributed by atoms with Crippen molar-refractivity contribution in [3.63, 3.8) is 0 Å². The van der Waals surface area contributed by atoms with E-state index in [1.165, 1.54) is 0 Å². The van der Waals surface area contributed by atoms with Gasteiger partial charge in [0, 0.05) is 19.6 Å². The number of hydrogen-bond acceptors (Lipinski definition) is 5. The lowest BCUT2D eigenvalue weighted by Crippen LogP contribution is -2.48. The number of halogens is 1. The van der Waals surface area contributed by atoms with Crippen LogP contribution in [0, 0.1) is 0 Å². The normalized spacial score (nSPS) is 18.3. The molecular formula is C13H20BrN3O2. The molecule has 1 saturated heterocycles. The van der Waals surface area contributed by atoms with E-state index in [1.807, 2.05) is 18.2 Å². The molecule has 1 unspecified atom stereocenters. The Hall–Kier alpha value is -0.660. The fraction of sp³-hybridized carbons (Fsp3) is 0.538. The summed E-state index contributed by atoms with van der Waals surface area (Å²) in [4.78, 5) is 0. The zero-order valence-electron chi connectivity index (χ0n) is 11.1. The molecule has 1 heterocycles. The molecule has 0 aromatic heterocycles. The van der Waals surface area contributed by atoms with Gasteiger partial charge in [0.05, 0.1) is 30.8 Å². The first-order chi connectivity index (χ1) is 9.24. The molecule has 6 heteroatoms. The molecule has 2 rings (SSSR count). The summed E-state index contributed by atoms with van der Waals surface area (Å²) < 4.78 is 11.5. The van der Waals surface area contributed by atoms with Gasteiger partial charge < -0.3 is 15.2 Å². The Morgan fingerprint density at radius 3 is 2.79 bits per heavy atom. The van der Waals surface area contributed by atoms with Gasteiger partial charge in [0.1, 0.15) is 5.75 Å². The van der Waals surface area contributed by atoms with Gasteiger partial charge in [-0.05, 0) is 33.6 Å². The van der Waals surface area contributed by atoms with Gasteiger partial charge in [-0.2, -0.15) is 0 Å². The highest BCUT2D eigenvalue weighted by atomic mass is 79.9. The van der Waals surface area contributed by atoms with Crippen molar-refractivity contribution in [2.75, 3.05) is 40.0 Å². The SMILES string of the molecule is COc1ccc(C(CN)NN2CCOCC2)cc1Br. The standard InChI is InChI=1S/C13H20BrN3O2/c1-18-13-3-2-10(8-11(13)14)12(9-15)16-17-4-6-19-7-5-17/h2-3,8,12,16H,4-7,9,15H2,1H3. The second-order valence-corrected chi connectivity index (χ2v) is 5.27. The zero-order chi connectivity index (χ0) is 13.7. The van der Waals surface area contributed by atoms with Crippen LogP contribution in [0.3, 0.4) is 0 Å². The molecular weight excluding hydrogens is 310 g/mol. The van der Waals surface area contributed by atoms with Gasteiger partial charge in [-0.25, -0.2) is 10.4 Å². The fourth-order valence-corrected chi connectivity index (χ4v) is 2.63. The Balaban J connectivity index is 2.05. The number of benzene rings is 1. The van der Waals surface area contributed by atoms with Crippen LogP contribution in [-0.4, -0.2) is 45.0 Å². The smallest absolute Gasteiger partial charge is 0.133 e. The predicted octanol–water partition coefficient (Wildman–Crippen LogP) is 1.29. The van der Waals surface area contributed by atoms with Gasteiger partial charge in [-0.1, -0.05) is 6.07 Å². The number of nitrogens with one attached hydrogen (secondary N) is 1. The summed E-state index contributed by atoms with van der Waals surface area (Å²) in [5, 5.41) is 2.17. The molecule has 106 valence electrons. The van der Waals surface area contributed by atoms with Crippen molar-refractivity contribution in [1.82, 2.24) is 10.4 Å². The average Bonchev–Trinajstić information content (AvgIpc) is 2.46. The van der Waals surface area contributed by atoms with Crippen LogP contribution >= 0.6 is 15.9 Å². The van der Waals surface area contributed by atoms with Crippen molar-refractivity contribution in [2.24, 2.45) is 5.73 Å². The number of hydrazine groups is 1. The second-order valence-electron chi connectivity index (χ2n) is 4.41. The van der Waals surface area contributed by atoms with Crippen LogP contribution in [0.1, 0.15) is 11.6 Å². The quantitative estimate of drug-likeness (QED) is 0.852. The molecule has 0 bridgehead atoms. The maximum atomic E-state index is 5.88. The highest BCUT2D eigenvalue weighted by molar-refractivity contribution is 9.10. The highest BCUT2D eigenvalue weighted by Gasteiger charge is 2.17. The van der Waals surface area contributed by atoms with E-state index >= 15 is 0 Å². The van der Waals surface area contributed by atoms with E-state index in [-0.39, 0.29) is 6.04 Å². The van der Waals surface area contributed by atoms with Crippen LogP contribution in [-0.2, 0) is 4.74 Å². The summed E-state index contributed by atoms with van der Waals surface area (Å²) in [6.45, 7) is 3.82. The van der Waals surface area contributed by atoms with E-state index in [4.69, 9.17) is 15.2 Å². The van der Waals surface area contributed by atoms with Gasteiger partial charge in [0.15, 0.2) is 0 Å². The van der Waals surface area contributed by atoms with Crippen molar-refractivity contribution in [1.29, 1.82) is 0 Å². The molecule has 1 atom stereocenters. The Kier molecular flexibility index (Phi) is 5.59. The van der Waals surface area contributed by atoms with Crippen LogP contribution in [0.2, 0.25) is 0 Å². The minimum absolute atomic E-state index is 0.0975. The molecule has 1 aliphatic heterocycles. The molecule has 0 aliphatic carbocycles. The lowest BCUT2D eigenvalue weighted by atomic mass is 10.1. The van der Waals surface area contributed by atoms with E-state index in [1.54, 1.807) is 7.11 Å². The minimum atomic E-state index is 0.0975. The number of methoxy groups -OCH3 is 1. The van der Waals surface area contributed by atoms with Gasteiger partial charge in [0.25, 0.3) is 0 Å². The van der Waals surface area contributed by atoms with Crippen LogP contribution in [0.15, 0.2) is 22.7 Å². The Bertz CT molecular complexity index is 411. The molecule has 0 saturated carbocycles. The number of rotatable bonds is 5. The van der Waals surface area contributed by atoms with Crippen molar-refractivity contribution in [2.45, 2.75) is 6.04 Å². The molecule has 1 aromatic rings. The van der Waals surface area contributed by atoms with Crippen molar-refractivity contribution >= 4 is 15.9 Å². The highest BCUT2D eigenvalue weighted by Crippen LogP contribution is 2.28. The van der Waals surface area contributed by atoms with E-state index in [0.29, 0.717) is 6.54 Å². The molecule has 1 fully saturated rings. The third-order valence-corrected chi connectivity index (χ3v) is 3.78. The Morgan fingerprint density at radius 2 is 2.21 bits per heavy atom. The molecule has 19 heavy (non-hydrogen) atoms. The van der Waals surface area contributed by atoms with E-state index in [2.05, 4.69) is 26.4 Å². The summed E-state index contributed by atoms with van der Waals surface area (Å²) in [6.07, 6.45) is 0. The number of nitrogens with zero attached hydrogens (tertiary/aromatic N) is 1. The Morgan fingerprint density at radius 1 is 1.47 bits per heavy atom. The van der Waals surface area contributed by atoms with E-state index in [0.717, 1.165) is 42.1 Å². The summed E-state index contributed by atoms with van der Waals surface area (Å²) in [5.41, 5.74) is 10.5. The summed E-state index contributed by atoms with van der Waals surface area (Å²) in [7, 11) is 1.66. The molecule has 3 N–H and O–H groups in total. The first kappa shape index (κ1) is 14.7. The van der Waals surface area contributed by atoms with E-state index in [9.17, 15) is 0 Å². The first-order valence-electron chi connectivity index (χ1n) is 6.37. The third-order valence-electron chi connectivity index (χ3n) is 3.16. The van der Waals surface area contributed by atoms with Crippen molar-refractivity contribution in [3.8, 4) is 5.75 Å². The second kappa shape index (κ2) is 7.21. The minimum Gasteiger partial charge on any atom is -0.496 e. The van der Waals surface area contributed by atoms with Crippen molar-refractivity contribution < 1.29 is 9.47 Å². The molecule has 1 aliphatic rings. The van der Waals surface area contributed by atoms with Gasteiger partial charge in [-0.3, -0.25) is 0 Å². The van der Waals surface area contributed by atoms with Crippen LogP contribution in [0.25, 0.3) is 0 Å². The number of morpholine rings is 1. The predicted molar refractivity (Wildman–Crippen MR) is 78.0 cm³/mol. The summed E-state index contributed by atoms with van der Waals surface area (Å²) >= 11 is 3.50. The van der Waals surface area contributed by atoms with Gasteiger partial charge in [-0.15, -0.1) is 0 Å². The topological polar surface area (TPSA) is 59.8 Å². The molecule has 1 aromatic carbocycles. The molecule has 0 radical (unpaired) electrons. The lowest BCUT2D eigenvalue weighted by molar-refractivity contribution is 0.00404. The third kappa shape index (κ3) is 3.90. The monoisotopic (exact) mass is 329 g/mol. The van der Waals surface area contributed by atoms with Gasteiger partial charge >= 0.3 is 0 Å². The molecule has 0 spiro atoms. The number of ether oxygens (including phenoxy) is 2. The first-order valence-corrected chi connectivity index (χ1v) is 7.16. The summed E-state index contributed by atoms with van der Waals surface area (Å²) in [5.74, 6) is 0.825. The maximum Gasteiger partial charge on any atom is 0.133 e. The van der Waals surface area contributed by atoms with Gasteiger partial charge in [0.2, 0.25) is 0 Å². The number of hydrogen-bond donors (Lipinski definition) is 2. The molecule has 5 nitrogen and oxygen atoms in total. The molecule has 0 amide bonds. The Labute approximate surface area is 122 Å². The van der Waals surface area contributed by atoms with Crippen LogP contribution in [0.4, 0.5) is 0 Å². The van der Waals surface area contributed by atoms with E-state index < -0.39 is 0 Å². The zero-order valence-corrected chi connectivity index (χ0v) is 12.6. The average molecular weight is 330 g/mol. The number of nitrogens with two attached hydrogens (primary N) is 1. The van der Waals surface area contributed by atoms with Crippen molar-refractivity contribution in [3.05, 3.63) is 28.2 Å². The van der Waals surface area contributed by atoms with Crippen LogP contribution < -0.4 is 15.9 Å². The lowest BCUT2D eigenvalue weighted by Gasteiger charge is -2.31. The van der Waals surface area contributed by atoms with Crippen LogP contribution in [0.5, 0.6) is 5.75 Å². The summed E-state index contributed by atoms with van der Waals surface area (Å²) in [6, 6.07) is 6.13. The maximum absolute atomic E-state index is 5.88. The fourth-order valence-electron chi connectivity index (χ4n) is 2.08. The largest absolute Gasteiger partial charge is 0.496 e.